The molecule has 4 fully saturated rings. The zero-order chi connectivity index (χ0) is 26.8. The van der Waals surface area contributed by atoms with E-state index in [0.29, 0.717) is 5.75 Å². The highest BCUT2D eigenvalue weighted by Gasteiger charge is 2.67. The molecule has 4 saturated carbocycles. The lowest BCUT2D eigenvalue weighted by Crippen LogP contribution is -2.41. The summed E-state index contributed by atoms with van der Waals surface area (Å²) in [5, 5.41) is 0. The zero-order valence-corrected chi connectivity index (χ0v) is 24.4. The van der Waals surface area contributed by atoms with Crippen molar-refractivity contribution in [2.45, 2.75) is 53.4 Å². The number of hydrogen-bond acceptors (Lipinski definition) is 6. The first kappa shape index (κ1) is 27.0. The predicted molar refractivity (Wildman–Crippen MR) is 150 cm³/mol. The van der Waals surface area contributed by atoms with E-state index >= 15 is 0 Å². The second kappa shape index (κ2) is 9.29. The molecule has 7 heteroatoms. The first-order valence-electron chi connectivity index (χ1n) is 13.2. The average molecular weight is 543 g/mol. The number of hydrogen-bond donors (Lipinski definition) is 0. The SMILES string of the molecule is COSCC12CCC(/C(=C\c3ccc(/C=C4/C(=O)C5(CS(=O)OC)CCC4C5(C)C)cc3)C1=O)C2(C)C. The summed E-state index contributed by atoms with van der Waals surface area (Å²) in [5.41, 5.74) is 2.46. The van der Waals surface area contributed by atoms with Gasteiger partial charge in [-0.05, 0) is 83.7 Å². The van der Waals surface area contributed by atoms with Crippen LogP contribution in [0.3, 0.4) is 0 Å². The highest BCUT2D eigenvalue weighted by atomic mass is 32.2. The van der Waals surface area contributed by atoms with Crippen LogP contribution >= 0.6 is 12.0 Å². The number of ketones is 2. The van der Waals surface area contributed by atoms with Gasteiger partial charge in [0, 0.05) is 16.9 Å². The van der Waals surface area contributed by atoms with Crippen LogP contribution in [0.4, 0.5) is 0 Å². The monoisotopic (exact) mass is 542 g/mol. The lowest BCUT2D eigenvalue weighted by Gasteiger charge is -2.35. The smallest absolute Gasteiger partial charge is 0.166 e. The molecule has 0 heterocycles. The number of allylic oxidation sites excluding steroid dienone is 2. The standard InChI is InChI=1S/C30H38O5S2/c1-27(2)23-11-13-29(27,17-36-34-5)25(31)21(23)15-19-7-9-20(10-8-19)16-22-24-12-14-30(26(22)32,28(24,3)4)18-37(33)35-6/h7-10,15-16,23-24H,11-14,17-18H2,1-6H3/b21-15+,22-16+. The molecule has 4 bridgehead atoms. The Morgan fingerprint density at radius 3 is 1.81 bits per heavy atom. The van der Waals surface area contributed by atoms with Crippen molar-refractivity contribution in [1.29, 1.82) is 0 Å². The molecule has 5 unspecified atom stereocenters. The molecule has 4 aliphatic rings. The molecule has 0 aromatic heterocycles. The second-order valence-electron chi connectivity index (χ2n) is 12.4. The summed E-state index contributed by atoms with van der Waals surface area (Å²) in [6, 6.07) is 8.15. The molecule has 1 aromatic rings. The van der Waals surface area contributed by atoms with E-state index in [9.17, 15) is 13.8 Å². The molecule has 1 aromatic carbocycles. The predicted octanol–water partition coefficient (Wildman–Crippen LogP) is 6.07. The van der Waals surface area contributed by atoms with E-state index in [1.165, 1.54) is 19.2 Å². The van der Waals surface area contributed by atoms with Crippen molar-refractivity contribution in [3.05, 3.63) is 46.5 Å². The number of fused-ring (bicyclic) bond motifs is 4. The van der Waals surface area contributed by atoms with Crippen LogP contribution in [0, 0.1) is 33.5 Å². The highest BCUT2D eigenvalue weighted by Crippen LogP contribution is 2.67. The Hall–Kier alpha value is -1.54. The highest BCUT2D eigenvalue weighted by molar-refractivity contribution is 7.94. The van der Waals surface area contributed by atoms with E-state index in [1.54, 1.807) is 7.11 Å². The van der Waals surface area contributed by atoms with Crippen molar-refractivity contribution in [2.24, 2.45) is 33.5 Å². The van der Waals surface area contributed by atoms with Crippen LogP contribution in [-0.4, -0.2) is 41.5 Å². The second-order valence-corrected chi connectivity index (χ2v) is 14.4. The van der Waals surface area contributed by atoms with Crippen LogP contribution in [0.5, 0.6) is 0 Å². The van der Waals surface area contributed by atoms with E-state index < -0.39 is 16.5 Å². The lowest BCUT2D eigenvalue weighted by molar-refractivity contribution is -0.125. The Bertz CT molecular complexity index is 1210. The first-order chi connectivity index (χ1) is 17.4. The summed E-state index contributed by atoms with van der Waals surface area (Å²) < 4.78 is 22.6. The van der Waals surface area contributed by atoms with E-state index in [2.05, 4.69) is 33.8 Å². The molecular formula is C30H38O5S2. The molecule has 0 spiro atoms. The third kappa shape index (κ3) is 3.75. The average Bonchev–Trinajstić information content (AvgIpc) is 3.38. The Labute approximate surface area is 227 Å². The summed E-state index contributed by atoms with van der Waals surface area (Å²) in [6.45, 7) is 8.74. The quantitative estimate of drug-likeness (QED) is 0.293. The van der Waals surface area contributed by atoms with E-state index in [4.69, 9.17) is 8.37 Å². The summed E-state index contributed by atoms with van der Waals surface area (Å²) in [7, 11) is 3.10. The largest absolute Gasteiger partial charge is 0.319 e. The van der Waals surface area contributed by atoms with Crippen LogP contribution < -0.4 is 0 Å². The normalized spacial score (nSPS) is 36.3. The minimum Gasteiger partial charge on any atom is -0.319 e. The Balaban J connectivity index is 1.40. The molecule has 0 N–H and O–H groups in total. The van der Waals surface area contributed by atoms with Crippen LogP contribution in [0.1, 0.15) is 64.5 Å². The molecule has 5 atom stereocenters. The summed E-state index contributed by atoms with van der Waals surface area (Å²) in [4.78, 5) is 27.2. The van der Waals surface area contributed by atoms with Crippen molar-refractivity contribution in [3.63, 3.8) is 0 Å². The van der Waals surface area contributed by atoms with Crippen molar-refractivity contribution < 1.29 is 22.2 Å². The minimum atomic E-state index is -1.47. The van der Waals surface area contributed by atoms with E-state index in [-0.39, 0.29) is 45.4 Å². The number of benzene rings is 1. The van der Waals surface area contributed by atoms with Gasteiger partial charge in [-0.1, -0.05) is 52.0 Å². The van der Waals surface area contributed by atoms with Crippen LogP contribution in [0.2, 0.25) is 0 Å². The van der Waals surface area contributed by atoms with Gasteiger partial charge in [-0.15, -0.1) is 0 Å². The lowest BCUT2D eigenvalue weighted by atomic mass is 9.70. The topological polar surface area (TPSA) is 69.7 Å². The van der Waals surface area contributed by atoms with Crippen molar-refractivity contribution in [3.8, 4) is 0 Å². The minimum absolute atomic E-state index is 0.0802. The van der Waals surface area contributed by atoms with E-state index in [0.717, 1.165) is 48.0 Å². The van der Waals surface area contributed by atoms with Gasteiger partial charge in [-0.2, -0.15) is 0 Å². The molecular weight excluding hydrogens is 504 g/mol. The molecule has 0 radical (unpaired) electrons. The van der Waals surface area contributed by atoms with E-state index in [1.807, 2.05) is 30.3 Å². The third-order valence-electron chi connectivity index (χ3n) is 10.6. The zero-order valence-electron chi connectivity index (χ0n) is 22.7. The van der Waals surface area contributed by atoms with Gasteiger partial charge in [-0.3, -0.25) is 13.8 Å². The van der Waals surface area contributed by atoms with Gasteiger partial charge in [0.05, 0.1) is 30.8 Å². The maximum absolute atomic E-state index is 13.6. The third-order valence-corrected chi connectivity index (χ3v) is 12.6. The fourth-order valence-electron chi connectivity index (χ4n) is 8.03. The molecule has 5 rings (SSSR count). The fraction of sp³-hybridized carbons (Fsp3) is 0.600. The molecule has 0 amide bonds. The number of Topliss-reactive ketones (excluding diaryl/α,β-unsaturated/α-hetero) is 2. The Kier molecular flexibility index (Phi) is 6.79. The van der Waals surface area contributed by atoms with Gasteiger partial charge in [0.15, 0.2) is 22.6 Å². The van der Waals surface area contributed by atoms with Crippen molar-refractivity contribution in [2.75, 3.05) is 25.7 Å². The van der Waals surface area contributed by atoms with Crippen molar-refractivity contribution in [1.82, 2.24) is 0 Å². The van der Waals surface area contributed by atoms with Crippen LogP contribution in [-0.2, 0) is 29.0 Å². The first-order valence-corrected chi connectivity index (χ1v) is 15.3. The summed E-state index contributed by atoms with van der Waals surface area (Å²) in [6.07, 6.45) is 7.75. The van der Waals surface area contributed by atoms with Gasteiger partial charge in [-0.25, -0.2) is 4.21 Å². The van der Waals surface area contributed by atoms with Crippen LogP contribution in [0.15, 0.2) is 35.4 Å². The summed E-state index contributed by atoms with van der Waals surface area (Å²) in [5.74, 6) is 1.77. The van der Waals surface area contributed by atoms with Gasteiger partial charge < -0.3 is 4.18 Å². The maximum atomic E-state index is 13.6. The van der Waals surface area contributed by atoms with Crippen molar-refractivity contribution >= 4 is 46.8 Å². The summed E-state index contributed by atoms with van der Waals surface area (Å²) >= 11 is -0.0790. The molecule has 200 valence electrons. The Morgan fingerprint density at radius 2 is 1.32 bits per heavy atom. The number of rotatable bonds is 8. The molecule has 4 aliphatic carbocycles. The number of carbonyl (C=O) groups is 2. The molecule has 0 saturated heterocycles. The fourth-order valence-corrected chi connectivity index (χ4v) is 10.2. The molecule has 5 nitrogen and oxygen atoms in total. The molecule has 0 aliphatic heterocycles. The van der Waals surface area contributed by atoms with Gasteiger partial charge in [0.25, 0.3) is 0 Å². The molecule has 37 heavy (non-hydrogen) atoms. The Morgan fingerprint density at radius 1 is 0.865 bits per heavy atom. The van der Waals surface area contributed by atoms with Gasteiger partial charge in [0.1, 0.15) is 0 Å². The van der Waals surface area contributed by atoms with Gasteiger partial charge in [0.2, 0.25) is 0 Å². The maximum Gasteiger partial charge on any atom is 0.166 e. The van der Waals surface area contributed by atoms with Crippen LogP contribution in [0.25, 0.3) is 12.2 Å². The van der Waals surface area contributed by atoms with Gasteiger partial charge >= 0.3 is 0 Å². The number of carbonyl (C=O) groups excluding carboxylic acids is 2.